The van der Waals surface area contributed by atoms with Gasteiger partial charge in [0.25, 0.3) is 0 Å². The third-order valence-electron chi connectivity index (χ3n) is 5.39. The van der Waals surface area contributed by atoms with E-state index in [4.69, 9.17) is 4.63 Å². The van der Waals surface area contributed by atoms with E-state index in [1.165, 1.54) is 32.5 Å². The van der Waals surface area contributed by atoms with Crippen molar-refractivity contribution in [2.45, 2.75) is 12.8 Å². The second-order valence-corrected chi connectivity index (χ2v) is 7.31. The number of anilines is 1. The van der Waals surface area contributed by atoms with E-state index < -0.39 is 0 Å². The molecule has 0 aliphatic carbocycles. The highest BCUT2D eigenvalue weighted by molar-refractivity contribution is 5.92. The first kappa shape index (κ1) is 14.9. The molecule has 0 atom stereocenters. The SMILES string of the molecule is Cn1cc(-c2cc(N3CC(CN4CCCC4)C3)c3nonc3c2)cn1. The third-order valence-corrected chi connectivity index (χ3v) is 5.39. The molecule has 4 heterocycles. The third kappa shape index (κ3) is 2.68. The predicted octanol–water partition coefficient (Wildman–Crippen LogP) is 2.16. The number of aryl methyl sites for hydroxylation is 1. The summed E-state index contributed by atoms with van der Waals surface area (Å²) < 4.78 is 6.81. The van der Waals surface area contributed by atoms with Crippen LogP contribution < -0.4 is 4.90 Å². The fourth-order valence-corrected chi connectivity index (χ4v) is 4.06. The molecule has 3 aromatic rings. The van der Waals surface area contributed by atoms with Crippen molar-refractivity contribution in [2.24, 2.45) is 13.0 Å². The van der Waals surface area contributed by atoms with Crippen LogP contribution in [0.3, 0.4) is 0 Å². The molecule has 0 unspecified atom stereocenters. The molecule has 0 spiro atoms. The molecular weight excluding hydrogens is 316 g/mol. The van der Waals surface area contributed by atoms with Crippen LogP contribution >= 0.6 is 0 Å². The minimum absolute atomic E-state index is 0.745. The van der Waals surface area contributed by atoms with Crippen molar-refractivity contribution in [1.82, 2.24) is 25.0 Å². The number of hydrogen-bond donors (Lipinski definition) is 0. The average molecular weight is 338 g/mol. The molecule has 2 saturated heterocycles. The lowest BCUT2D eigenvalue weighted by Crippen LogP contribution is -2.51. The van der Waals surface area contributed by atoms with Crippen LogP contribution in [-0.2, 0) is 7.05 Å². The van der Waals surface area contributed by atoms with E-state index >= 15 is 0 Å². The molecule has 2 fully saturated rings. The van der Waals surface area contributed by atoms with Gasteiger partial charge in [-0.15, -0.1) is 0 Å². The first-order valence-electron chi connectivity index (χ1n) is 8.99. The van der Waals surface area contributed by atoms with Crippen LogP contribution in [0.4, 0.5) is 5.69 Å². The standard InChI is InChI=1S/C18H22N6O/c1-22-12-15(8-19-22)14-6-16-18(21-25-20-16)17(7-14)24-10-13(11-24)9-23-4-2-3-5-23/h6-8,12-13H,2-5,9-11H2,1H3. The Bertz CT molecular complexity index is 888. The summed E-state index contributed by atoms with van der Waals surface area (Å²) in [6.45, 7) is 5.91. The topological polar surface area (TPSA) is 63.2 Å². The van der Waals surface area contributed by atoms with Crippen molar-refractivity contribution in [1.29, 1.82) is 0 Å². The predicted molar refractivity (Wildman–Crippen MR) is 95.4 cm³/mol. The van der Waals surface area contributed by atoms with Gasteiger partial charge in [0.15, 0.2) is 5.52 Å². The van der Waals surface area contributed by atoms with Gasteiger partial charge in [-0.3, -0.25) is 4.68 Å². The molecule has 2 aliphatic rings. The maximum Gasteiger partial charge on any atom is 0.158 e. The minimum Gasteiger partial charge on any atom is -0.369 e. The average Bonchev–Trinajstić information content (AvgIpc) is 3.30. The fraction of sp³-hybridized carbons (Fsp3) is 0.500. The number of benzene rings is 1. The van der Waals surface area contributed by atoms with Gasteiger partial charge in [0, 0.05) is 44.4 Å². The summed E-state index contributed by atoms with van der Waals surface area (Å²) in [6.07, 6.45) is 6.61. The van der Waals surface area contributed by atoms with Crippen LogP contribution in [0.5, 0.6) is 0 Å². The Kier molecular flexibility index (Phi) is 3.48. The van der Waals surface area contributed by atoms with Crippen LogP contribution in [0.2, 0.25) is 0 Å². The van der Waals surface area contributed by atoms with Crippen LogP contribution in [-0.4, -0.2) is 57.7 Å². The van der Waals surface area contributed by atoms with Gasteiger partial charge in [-0.1, -0.05) is 0 Å². The van der Waals surface area contributed by atoms with Crippen molar-refractivity contribution in [3.05, 3.63) is 24.5 Å². The molecule has 0 radical (unpaired) electrons. The van der Waals surface area contributed by atoms with Gasteiger partial charge in [-0.05, 0) is 53.9 Å². The molecule has 7 nitrogen and oxygen atoms in total. The molecule has 5 rings (SSSR count). The summed E-state index contributed by atoms with van der Waals surface area (Å²) in [5.41, 5.74) is 4.97. The number of fused-ring (bicyclic) bond motifs is 1. The van der Waals surface area contributed by atoms with Crippen molar-refractivity contribution >= 4 is 16.7 Å². The first-order valence-corrected chi connectivity index (χ1v) is 8.99. The molecule has 0 N–H and O–H groups in total. The van der Waals surface area contributed by atoms with Crippen LogP contribution in [0, 0.1) is 5.92 Å². The highest BCUT2D eigenvalue weighted by Gasteiger charge is 2.31. The van der Waals surface area contributed by atoms with Crippen LogP contribution in [0.15, 0.2) is 29.2 Å². The maximum absolute atomic E-state index is 5.00. The van der Waals surface area contributed by atoms with E-state index in [0.29, 0.717) is 0 Å². The molecule has 0 amide bonds. The molecule has 7 heteroatoms. The van der Waals surface area contributed by atoms with Crippen molar-refractivity contribution in [2.75, 3.05) is 37.6 Å². The molecule has 2 aliphatic heterocycles. The fourth-order valence-electron chi connectivity index (χ4n) is 4.06. The quantitative estimate of drug-likeness (QED) is 0.726. The molecule has 1 aromatic carbocycles. The Morgan fingerprint density at radius 1 is 1.12 bits per heavy atom. The lowest BCUT2D eigenvalue weighted by Gasteiger charge is -2.42. The Labute approximate surface area is 146 Å². The van der Waals surface area contributed by atoms with Gasteiger partial charge in [0.05, 0.1) is 11.9 Å². The maximum atomic E-state index is 5.00. The van der Waals surface area contributed by atoms with E-state index in [-0.39, 0.29) is 0 Å². The summed E-state index contributed by atoms with van der Waals surface area (Å²) in [5.74, 6) is 0.745. The summed E-state index contributed by atoms with van der Waals surface area (Å²) in [4.78, 5) is 4.99. The van der Waals surface area contributed by atoms with E-state index in [2.05, 4.69) is 31.3 Å². The number of aromatic nitrogens is 4. The van der Waals surface area contributed by atoms with Gasteiger partial charge in [0.1, 0.15) is 5.52 Å². The van der Waals surface area contributed by atoms with Gasteiger partial charge < -0.3 is 9.80 Å². The number of likely N-dealkylation sites (tertiary alicyclic amines) is 1. The summed E-state index contributed by atoms with van der Waals surface area (Å²) in [6, 6.07) is 4.21. The first-order chi connectivity index (χ1) is 12.3. The monoisotopic (exact) mass is 338 g/mol. The molecule has 0 saturated carbocycles. The lowest BCUT2D eigenvalue weighted by atomic mass is 9.97. The molecule has 0 bridgehead atoms. The van der Waals surface area contributed by atoms with Crippen molar-refractivity contribution < 1.29 is 4.63 Å². The second kappa shape index (κ2) is 5.84. The van der Waals surface area contributed by atoms with E-state index in [1.807, 2.05) is 30.2 Å². The van der Waals surface area contributed by atoms with Gasteiger partial charge in [-0.2, -0.15) is 5.10 Å². The number of nitrogens with zero attached hydrogens (tertiary/aromatic N) is 6. The molecule has 130 valence electrons. The molecule has 2 aromatic heterocycles. The lowest BCUT2D eigenvalue weighted by molar-refractivity contribution is 0.247. The smallest absolute Gasteiger partial charge is 0.158 e. The zero-order chi connectivity index (χ0) is 16.8. The Hall–Kier alpha value is -2.41. The number of rotatable bonds is 4. The van der Waals surface area contributed by atoms with Crippen molar-refractivity contribution in [3.8, 4) is 11.1 Å². The Balaban J connectivity index is 1.40. The van der Waals surface area contributed by atoms with Crippen LogP contribution in [0.25, 0.3) is 22.2 Å². The van der Waals surface area contributed by atoms with E-state index in [9.17, 15) is 0 Å². The number of hydrogen-bond acceptors (Lipinski definition) is 6. The van der Waals surface area contributed by atoms with Crippen molar-refractivity contribution in [3.63, 3.8) is 0 Å². The van der Waals surface area contributed by atoms with Gasteiger partial charge in [-0.25, -0.2) is 4.63 Å². The zero-order valence-electron chi connectivity index (χ0n) is 14.4. The summed E-state index contributed by atoms with van der Waals surface area (Å²) in [5, 5.41) is 12.5. The Morgan fingerprint density at radius 2 is 1.96 bits per heavy atom. The molecule has 25 heavy (non-hydrogen) atoms. The van der Waals surface area contributed by atoms with Gasteiger partial charge >= 0.3 is 0 Å². The normalized spacial score (nSPS) is 19.0. The summed E-state index contributed by atoms with van der Waals surface area (Å²) >= 11 is 0. The molecular formula is C18H22N6O. The highest BCUT2D eigenvalue weighted by Crippen LogP contribution is 2.35. The zero-order valence-corrected chi connectivity index (χ0v) is 14.4. The summed E-state index contributed by atoms with van der Waals surface area (Å²) in [7, 11) is 1.93. The Morgan fingerprint density at radius 3 is 2.72 bits per heavy atom. The van der Waals surface area contributed by atoms with Gasteiger partial charge in [0.2, 0.25) is 0 Å². The largest absolute Gasteiger partial charge is 0.369 e. The minimum atomic E-state index is 0.745. The van der Waals surface area contributed by atoms with E-state index in [0.717, 1.165) is 46.9 Å². The second-order valence-electron chi connectivity index (χ2n) is 7.31. The highest BCUT2D eigenvalue weighted by atomic mass is 16.6. The van der Waals surface area contributed by atoms with Crippen LogP contribution in [0.1, 0.15) is 12.8 Å². The van der Waals surface area contributed by atoms with E-state index in [1.54, 1.807) is 0 Å².